The van der Waals surface area contributed by atoms with Gasteiger partial charge in [0.15, 0.2) is 0 Å². The molecule has 0 atom stereocenters. The third-order valence-electron chi connectivity index (χ3n) is 5.97. The SMILES string of the molecule is CCCCc1ccccc1N=C(C)CNSc1cccc(C(=O)N2CCN(CCOC)CC2)c1. The summed E-state index contributed by atoms with van der Waals surface area (Å²) < 4.78 is 8.56. The lowest BCUT2D eigenvalue weighted by molar-refractivity contribution is 0.0594. The molecule has 0 radical (unpaired) electrons. The summed E-state index contributed by atoms with van der Waals surface area (Å²) >= 11 is 1.54. The van der Waals surface area contributed by atoms with Crippen LogP contribution in [0.3, 0.4) is 0 Å². The molecule has 0 saturated carbocycles. The van der Waals surface area contributed by atoms with Crippen LogP contribution in [-0.2, 0) is 11.2 Å². The zero-order chi connectivity index (χ0) is 24.2. The van der Waals surface area contributed by atoms with Crippen molar-refractivity contribution in [2.75, 3.05) is 53.0 Å². The zero-order valence-electron chi connectivity index (χ0n) is 20.8. The second kappa shape index (κ2) is 14.3. The summed E-state index contributed by atoms with van der Waals surface area (Å²) in [6.07, 6.45) is 3.42. The third kappa shape index (κ3) is 8.24. The molecule has 0 aromatic heterocycles. The Hall–Kier alpha value is -2.19. The number of hydrogen-bond donors (Lipinski definition) is 1. The predicted octanol–water partition coefficient (Wildman–Crippen LogP) is 4.82. The van der Waals surface area contributed by atoms with Gasteiger partial charge in [-0.25, -0.2) is 0 Å². The summed E-state index contributed by atoms with van der Waals surface area (Å²) in [5, 5.41) is 0. The lowest BCUT2D eigenvalue weighted by atomic mass is 10.1. The Morgan fingerprint density at radius 3 is 2.68 bits per heavy atom. The fraction of sp³-hybridized carbons (Fsp3) is 0.481. The summed E-state index contributed by atoms with van der Waals surface area (Å²) in [4.78, 5) is 23.2. The molecular weight excluding hydrogens is 444 g/mol. The number of methoxy groups -OCH3 is 1. The minimum atomic E-state index is 0.107. The molecule has 184 valence electrons. The van der Waals surface area contributed by atoms with E-state index >= 15 is 0 Å². The van der Waals surface area contributed by atoms with E-state index in [1.165, 1.54) is 18.4 Å². The monoisotopic (exact) mass is 482 g/mol. The molecule has 0 spiro atoms. The summed E-state index contributed by atoms with van der Waals surface area (Å²) in [7, 11) is 1.72. The standard InChI is InChI=1S/C27H38N4O2S/c1-4-5-9-23-10-6-7-13-26(23)29-22(2)21-28-34-25-12-8-11-24(20-25)27(32)31-16-14-30(15-17-31)18-19-33-3/h6-8,10-13,20,28H,4-5,9,14-19,21H2,1-3H3. The van der Waals surface area contributed by atoms with Crippen molar-refractivity contribution >= 4 is 29.3 Å². The quantitative estimate of drug-likeness (QED) is 0.347. The second-order valence-corrected chi connectivity index (χ2v) is 9.62. The van der Waals surface area contributed by atoms with E-state index in [0.29, 0.717) is 6.54 Å². The first-order chi connectivity index (χ1) is 16.6. The maximum atomic E-state index is 13.0. The highest BCUT2D eigenvalue weighted by Crippen LogP contribution is 2.22. The van der Waals surface area contributed by atoms with Gasteiger partial charge in [-0.15, -0.1) is 0 Å². The van der Waals surface area contributed by atoms with Crippen molar-refractivity contribution in [3.05, 3.63) is 59.7 Å². The van der Waals surface area contributed by atoms with Crippen LogP contribution in [0.25, 0.3) is 0 Å². The molecule has 6 nitrogen and oxygen atoms in total. The average molecular weight is 483 g/mol. The molecule has 34 heavy (non-hydrogen) atoms. The van der Waals surface area contributed by atoms with E-state index in [2.05, 4.69) is 41.7 Å². The number of aryl methyl sites for hydroxylation is 1. The predicted molar refractivity (Wildman–Crippen MR) is 142 cm³/mol. The van der Waals surface area contributed by atoms with E-state index < -0.39 is 0 Å². The Morgan fingerprint density at radius 1 is 1.12 bits per heavy atom. The molecule has 1 aliphatic rings. The van der Waals surface area contributed by atoms with Crippen LogP contribution < -0.4 is 4.72 Å². The van der Waals surface area contributed by atoms with Crippen LogP contribution in [0.4, 0.5) is 5.69 Å². The van der Waals surface area contributed by atoms with Crippen molar-refractivity contribution in [2.45, 2.75) is 38.0 Å². The number of ether oxygens (including phenoxy) is 1. The van der Waals surface area contributed by atoms with Crippen LogP contribution in [0.1, 0.15) is 42.6 Å². The fourth-order valence-corrected chi connectivity index (χ4v) is 4.72. The van der Waals surface area contributed by atoms with Crippen LogP contribution in [0.5, 0.6) is 0 Å². The highest BCUT2D eigenvalue weighted by Gasteiger charge is 2.22. The smallest absolute Gasteiger partial charge is 0.253 e. The van der Waals surface area contributed by atoms with Gasteiger partial charge in [0.05, 0.1) is 12.3 Å². The molecule has 1 amide bonds. The number of carbonyl (C=O) groups is 1. The number of nitrogens with one attached hydrogen (secondary N) is 1. The fourth-order valence-electron chi connectivity index (χ4n) is 3.94. The highest BCUT2D eigenvalue weighted by atomic mass is 32.2. The number of para-hydroxylation sites is 1. The Labute approximate surface area is 208 Å². The summed E-state index contributed by atoms with van der Waals surface area (Å²) in [5.74, 6) is 0.107. The largest absolute Gasteiger partial charge is 0.383 e. The van der Waals surface area contributed by atoms with Crippen molar-refractivity contribution in [1.29, 1.82) is 0 Å². The average Bonchev–Trinajstić information content (AvgIpc) is 2.87. The molecule has 0 unspecified atom stereocenters. The lowest BCUT2D eigenvalue weighted by Crippen LogP contribution is -2.49. The first-order valence-corrected chi connectivity index (χ1v) is 13.0. The van der Waals surface area contributed by atoms with Gasteiger partial charge in [0.25, 0.3) is 5.91 Å². The van der Waals surface area contributed by atoms with Gasteiger partial charge in [-0.2, -0.15) is 0 Å². The van der Waals surface area contributed by atoms with Crippen LogP contribution in [0.15, 0.2) is 58.4 Å². The topological polar surface area (TPSA) is 57.2 Å². The van der Waals surface area contributed by atoms with Gasteiger partial charge in [-0.05, 0) is 61.5 Å². The first-order valence-electron chi connectivity index (χ1n) is 12.2. The van der Waals surface area contributed by atoms with Crippen LogP contribution >= 0.6 is 11.9 Å². The normalized spacial score (nSPS) is 15.0. The number of hydrogen-bond acceptors (Lipinski definition) is 6. The summed E-state index contributed by atoms with van der Waals surface area (Å²) in [5.41, 5.74) is 4.15. The Balaban J connectivity index is 1.50. The van der Waals surface area contributed by atoms with E-state index in [9.17, 15) is 4.79 Å². The molecule has 1 heterocycles. The molecule has 1 N–H and O–H groups in total. The van der Waals surface area contributed by atoms with E-state index in [0.717, 1.165) is 67.6 Å². The summed E-state index contributed by atoms with van der Waals surface area (Å²) in [6.45, 7) is 9.90. The molecule has 7 heteroatoms. The number of unbranched alkanes of at least 4 members (excludes halogenated alkanes) is 1. The molecule has 1 aliphatic heterocycles. The van der Waals surface area contributed by atoms with Crippen molar-refractivity contribution < 1.29 is 9.53 Å². The third-order valence-corrected chi connectivity index (χ3v) is 6.75. The van der Waals surface area contributed by atoms with Crippen molar-refractivity contribution in [1.82, 2.24) is 14.5 Å². The van der Waals surface area contributed by atoms with Crippen molar-refractivity contribution in [3.63, 3.8) is 0 Å². The van der Waals surface area contributed by atoms with E-state index in [4.69, 9.17) is 9.73 Å². The van der Waals surface area contributed by atoms with Gasteiger partial charge in [0.1, 0.15) is 0 Å². The minimum absolute atomic E-state index is 0.107. The highest BCUT2D eigenvalue weighted by molar-refractivity contribution is 7.97. The maximum Gasteiger partial charge on any atom is 0.253 e. The van der Waals surface area contributed by atoms with E-state index in [1.54, 1.807) is 19.1 Å². The van der Waals surface area contributed by atoms with Crippen LogP contribution in [-0.4, -0.2) is 74.4 Å². The van der Waals surface area contributed by atoms with E-state index in [1.807, 2.05) is 35.2 Å². The van der Waals surface area contributed by atoms with Gasteiger partial charge in [-0.1, -0.05) is 37.6 Å². The van der Waals surface area contributed by atoms with Gasteiger partial charge >= 0.3 is 0 Å². The molecule has 3 rings (SSSR count). The number of amides is 1. The molecule has 1 fully saturated rings. The molecule has 0 aliphatic carbocycles. The van der Waals surface area contributed by atoms with Crippen LogP contribution in [0.2, 0.25) is 0 Å². The van der Waals surface area contributed by atoms with Gasteiger partial charge in [-0.3, -0.25) is 19.4 Å². The Bertz CT molecular complexity index is 942. The maximum absolute atomic E-state index is 13.0. The Morgan fingerprint density at radius 2 is 1.91 bits per heavy atom. The number of aliphatic imine (C=N–C) groups is 1. The number of piperazine rings is 1. The van der Waals surface area contributed by atoms with Crippen molar-refractivity contribution in [2.24, 2.45) is 4.99 Å². The second-order valence-electron chi connectivity index (χ2n) is 8.66. The lowest BCUT2D eigenvalue weighted by Gasteiger charge is -2.34. The number of benzene rings is 2. The molecule has 2 aromatic rings. The van der Waals surface area contributed by atoms with Gasteiger partial charge in [0, 0.05) is 62.5 Å². The molecule has 1 saturated heterocycles. The molecule has 2 aromatic carbocycles. The van der Waals surface area contributed by atoms with Gasteiger partial charge in [0.2, 0.25) is 0 Å². The van der Waals surface area contributed by atoms with E-state index in [-0.39, 0.29) is 5.91 Å². The number of rotatable bonds is 12. The molecule has 0 bridgehead atoms. The zero-order valence-corrected chi connectivity index (χ0v) is 21.6. The van der Waals surface area contributed by atoms with Crippen molar-refractivity contribution in [3.8, 4) is 0 Å². The Kier molecular flexibility index (Phi) is 11.1. The van der Waals surface area contributed by atoms with Gasteiger partial charge < -0.3 is 9.64 Å². The minimum Gasteiger partial charge on any atom is -0.383 e. The number of nitrogens with zero attached hydrogens (tertiary/aromatic N) is 3. The molecular formula is C27H38N4O2S. The first kappa shape index (κ1) is 26.4. The summed E-state index contributed by atoms with van der Waals surface area (Å²) in [6, 6.07) is 16.3. The number of carbonyl (C=O) groups excluding carboxylic acids is 1. The van der Waals surface area contributed by atoms with Crippen LogP contribution in [0, 0.1) is 0 Å².